The van der Waals surface area contributed by atoms with Gasteiger partial charge < -0.3 is 9.47 Å². The number of nitrogens with zero attached hydrogens (tertiary/aromatic N) is 1. The number of hydrogen-bond acceptors (Lipinski definition) is 10. The molecule has 148 valence electrons. The van der Waals surface area contributed by atoms with Gasteiger partial charge in [-0.25, -0.2) is 16.8 Å². The molecule has 27 heavy (non-hydrogen) atoms. The number of esters is 2. The van der Waals surface area contributed by atoms with E-state index in [4.69, 9.17) is 0 Å². The van der Waals surface area contributed by atoms with Crippen LogP contribution in [-0.2, 0) is 38.7 Å². The summed E-state index contributed by atoms with van der Waals surface area (Å²) in [6.45, 7) is 0. The van der Waals surface area contributed by atoms with Crippen LogP contribution < -0.4 is 0 Å². The number of nitro benzene ring substituents is 1. The van der Waals surface area contributed by atoms with Gasteiger partial charge in [-0.05, 0) is 5.56 Å². The van der Waals surface area contributed by atoms with E-state index in [1.165, 1.54) is 12.1 Å². The number of rotatable bonds is 4. The SMILES string of the molecule is COC(=O)[C@@H]1C(c2cccc([N+](=O)[O-])c2)[C@H](C(=O)OC)S(=O)(=O)CS1(=O)=O. The molecular formula is C14H15NO10S2. The van der Waals surface area contributed by atoms with Gasteiger partial charge in [0, 0.05) is 18.1 Å². The van der Waals surface area contributed by atoms with Crippen molar-refractivity contribution in [2.75, 3.05) is 19.3 Å². The van der Waals surface area contributed by atoms with Crippen LogP contribution >= 0.6 is 0 Å². The summed E-state index contributed by atoms with van der Waals surface area (Å²) in [5.41, 5.74) is -0.665. The third-order valence-corrected chi connectivity index (χ3v) is 9.23. The van der Waals surface area contributed by atoms with Gasteiger partial charge >= 0.3 is 11.9 Å². The third-order valence-electron chi connectivity index (χ3n) is 4.09. The van der Waals surface area contributed by atoms with E-state index in [-0.39, 0.29) is 5.56 Å². The van der Waals surface area contributed by atoms with Crippen molar-refractivity contribution in [1.29, 1.82) is 0 Å². The molecule has 1 heterocycles. The highest BCUT2D eigenvalue weighted by Crippen LogP contribution is 2.40. The van der Waals surface area contributed by atoms with Crippen molar-refractivity contribution in [1.82, 2.24) is 0 Å². The van der Waals surface area contributed by atoms with Crippen LogP contribution in [0.3, 0.4) is 0 Å². The standard InChI is InChI=1S/C14H15NO10S2/c1-24-13(16)11-10(8-4-3-5-9(6-8)15(18)19)12(14(17)25-2)27(22,23)7-26(11,20)21/h3-6,10-12H,7H2,1-2H3/t10?,11-,12+. The van der Waals surface area contributed by atoms with E-state index in [0.717, 1.165) is 26.4 Å². The molecule has 1 aromatic carbocycles. The number of carbonyl (C=O) groups is 2. The second kappa shape index (κ2) is 7.23. The predicted molar refractivity (Wildman–Crippen MR) is 90.2 cm³/mol. The van der Waals surface area contributed by atoms with Crippen molar-refractivity contribution in [3.8, 4) is 0 Å². The molecule has 1 fully saturated rings. The van der Waals surface area contributed by atoms with Crippen molar-refractivity contribution in [2.24, 2.45) is 0 Å². The lowest BCUT2D eigenvalue weighted by atomic mass is 9.91. The first-order valence-corrected chi connectivity index (χ1v) is 10.7. The molecule has 3 atom stereocenters. The zero-order valence-electron chi connectivity index (χ0n) is 14.1. The van der Waals surface area contributed by atoms with E-state index in [9.17, 15) is 36.5 Å². The summed E-state index contributed by atoms with van der Waals surface area (Å²) in [4.78, 5) is 34.6. The van der Waals surface area contributed by atoms with E-state index >= 15 is 0 Å². The average molecular weight is 421 g/mol. The molecule has 0 aromatic heterocycles. The van der Waals surface area contributed by atoms with Crippen LogP contribution in [0.1, 0.15) is 11.5 Å². The van der Waals surface area contributed by atoms with E-state index in [1.54, 1.807) is 0 Å². The molecule has 0 radical (unpaired) electrons. The maximum atomic E-state index is 12.5. The molecule has 13 heteroatoms. The summed E-state index contributed by atoms with van der Waals surface area (Å²) in [7, 11) is -7.37. The number of non-ortho nitro benzene ring substituents is 1. The van der Waals surface area contributed by atoms with Crippen molar-refractivity contribution in [2.45, 2.75) is 16.4 Å². The molecule has 0 saturated carbocycles. The number of methoxy groups -OCH3 is 2. The highest BCUT2D eigenvalue weighted by atomic mass is 32.3. The zero-order valence-corrected chi connectivity index (χ0v) is 15.7. The van der Waals surface area contributed by atoms with Crippen molar-refractivity contribution in [3.63, 3.8) is 0 Å². The Morgan fingerprint density at radius 3 is 1.93 bits per heavy atom. The minimum Gasteiger partial charge on any atom is -0.468 e. The van der Waals surface area contributed by atoms with Crippen LogP contribution in [0.5, 0.6) is 0 Å². The second-order valence-electron chi connectivity index (χ2n) is 5.71. The Labute approximate surface area is 154 Å². The molecule has 0 spiro atoms. The van der Waals surface area contributed by atoms with Gasteiger partial charge in [0.25, 0.3) is 5.69 Å². The van der Waals surface area contributed by atoms with Gasteiger partial charge in [-0.15, -0.1) is 0 Å². The molecule has 1 unspecified atom stereocenters. The van der Waals surface area contributed by atoms with Gasteiger partial charge in [0.2, 0.25) is 0 Å². The highest BCUT2D eigenvalue weighted by Gasteiger charge is 2.58. The van der Waals surface area contributed by atoms with Crippen LogP contribution in [0.15, 0.2) is 24.3 Å². The largest absolute Gasteiger partial charge is 0.468 e. The van der Waals surface area contributed by atoms with Gasteiger partial charge in [-0.2, -0.15) is 0 Å². The Hall–Kier alpha value is -2.54. The average Bonchev–Trinajstić information content (AvgIpc) is 2.58. The molecule has 0 N–H and O–H groups in total. The Kier molecular flexibility index (Phi) is 5.56. The second-order valence-corrected chi connectivity index (χ2v) is 10.3. The summed E-state index contributed by atoms with van der Waals surface area (Å²) in [6, 6.07) is 4.38. The van der Waals surface area contributed by atoms with Gasteiger partial charge in [-0.3, -0.25) is 19.7 Å². The first kappa shape index (κ1) is 20.8. The smallest absolute Gasteiger partial charge is 0.324 e. The fourth-order valence-electron chi connectivity index (χ4n) is 3.00. The summed E-state index contributed by atoms with van der Waals surface area (Å²) in [5, 5.41) is 5.48. The van der Waals surface area contributed by atoms with E-state index in [1.807, 2.05) is 0 Å². The minimum absolute atomic E-state index is 0.193. The quantitative estimate of drug-likeness (QED) is 0.353. The van der Waals surface area contributed by atoms with Gasteiger partial charge in [0.1, 0.15) is 0 Å². The fourth-order valence-corrected chi connectivity index (χ4v) is 8.40. The first-order chi connectivity index (χ1) is 12.5. The van der Waals surface area contributed by atoms with Gasteiger partial charge in [-0.1, -0.05) is 12.1 Å². The van der Waals surface area contributed by atoms with E-state index < -0.39 is 63.7 Å². The monoisotopic (exact) mass is 421 g/mol. The fraction of sp³-hybridized carbons (Fsp3) is 0.429. The van der Waals surface area contributed by atoms with E-state index in [0.29, 0.717) is 0 Å². The Morgan fingerprint density at radius 1 is 1.04 bits per heavy atom. The summed E-state index contributed by atoms with van der Waals surface area (Å²) < 4.78 is 58.9. The number of ether oxygens (including phenoxy) is 2. The molecule has 1 saturated heterocycles. The van der Waals surface area contributed by atoms with Crippen molar-refractivity contribution < 1.29 is 40.8 Å². The topological polar surface area (TPSA) is 164 Å². The molecule has 1 aliphatic rings. The van der Waals surface area contributed by atoms with Gasteiger partial charge in [0.15, 0.2) is 35.3 Å². The molecule has 2 rings (SSSR count). The van der Waals surface area contributed by atoms with Crippen molar-refractivity contribution >= 4 is 37.3 Å². The lowest BCUT2D eigenvalue weighted by molar-refractivity contribution is -0.384. The Balaban J connectivity index is 2.83. The Bertz CT molecular complexity index is 946. The van der Waals surface area contributed by atoms with Gasteiger partial charge in [0.05, 0.1) is 19.1 Å². The predicted octanol–water partition coefficient (Wildman–Crippen LogP) is -0.438. The molecular weight excluding hydrogens is 406 g/mol. The molecule has 1 aliphatic heterocycles. The molecule has 0 bridgehead atoms. The van der Waals surface area contributed by atoms with Crippen LogP contribution in [-0.4, -0.2) is 63.5 Å². The summed E-state index contributed by atoms with van der Waals surface area (Å²) in [5.74, 6) is -4.33. The molecule has 1 aromatic rings. The molecule has 0 aliphatic carbocycles. The van der Waals surface area contributed by atoms with Crippen LogP contribution in [0.4, 0.5) is 5.69 Å². The van der Waals surface area contributed by atoms with Crippen molar-refractivity contribution in [3.05, 3.63) is 39.9 Å². The Morgan fingerprint density at radius 2 is 1.52 bits per heavy atom. The third kappa shape index (κ3) is 3.78. The van der Waals surface area contributed by atoms with Crippen LogP contribution in [0, 0.1) is 10.1 Å². The lowest BCUT2D eigenvalue weighted by Crippen LogP contribution is -2.55. The number of sulfone groups is 2. The normalized spacial score (nSPS) is 25.9. The van der Waals surface area contributed by atoms with Crippen LogP contribution in [0.2, 0.25) is 0 Å². The van der Waals surface area contributed by atoms with E-state index in [2.05, 4.69) is 9.47 Å². The zero-order chi connectivity index (χ0) is 20.6. The maximum absolute atomic E-state index is 12.5. The number of benzene rings is 1. The number of carbonyl (C=O) groups excluding carboxylic acids is 2. The highest BCUT2D eigenvalue weighted by molar-refractivity contribution is 8.10. The minimum atomic E-state index is -4.59. The lowest BCUT2D eigenvalue weighted by Gasteiger charge is -2.34. The number of hydrogen-bond donors (Lipinski definition) is 0. The number of nitro groups is 1. The maximum Gasteiger partial charge on any atom is 0.324 e. The molecule has 0 amide bonds. The summed E-state index contributed by atoms with van der Waals surface area (Å²) in [6.07, 6.45) is 0. The molecule has 11 nitrogen and oxygen atoms in total. The summed E-state index contributed by atoms with van der Waals surface area (Å²) >= 11 is 0. The van der Waals surface area contributed by atoms with Crippen LogP contribution in [0.25, 0.3) is 0 Å². The first-order valence-electron chi connectivity index (χ1n) is 7.29.